The number of phenolic OH excluding ortho intramolecular Hbond substituents is 1. The molecule has 0 unspecified atom stereocenters. The van der Waals surface area contributed by atoms with Crippen molar-refractivity contribution in [1.29, 1.82) is 0 Å². The Hall–Kier alpha value is -4.60. The molecule has 1 aliphatic rings. The zero-order valence-electron chi connectivity index (χ0n) is 23.1. The molecule has 6 rings (SSSR count). The summed E-state index contributed by atoms with van der Waals surface area (Å²) in [5.41, 5.74) is 4.45. The number of benzene rings is 3. The van der Waals surface area contributed by atoms with Gasteiger partial charge in [0.25, 0.3) is 11.8 Å². The number of carbonyl (C=O) groups is 2. The van der Waals surface area contributed by atoms with Gasteiger partial charge in [-0.25, -0.2) is 4.98 Å². The van der Waals surface area contributed by atoms with Gasteiger partial charge in [-0.2, -0.15) is 0 Å². The number of pyridine rings is 1. The van der Waals surface area contributed by atoms with E-state index in [9.17, 15) is 14.7 Å². The van der Waals surface area contributed by atoms with Crippen LogP contribution in [0.3, 0.4) is 0 Å². The molecule has 3 N–H and O–H groups in total. The highest BCUT2D eigenvalue weighted by molar-refractivity contribution is 6.19. The van der Waals surface area contributed by atoms with Crippen LogP contribution in [0.25, 0.3) is 21.8 Å². The van der Waals surface area contributed by atoms with E-state index in [-0.39, 0.29) is 23.5 Å². The maximum Gasteiger partial charge on any atom is 0.274 e. The number of fused-ring (bicyclic) bond motifs is 4. The number of aryl methyl sites for hydroxylation is 1. The van der Waals surface area contributed by atoms with Crippen LogP contribution in [0.15, 0.2) is 66.9 Å². The lowest BCUT2D eigenvalue weighted by atomic mass is 9.92. The number of rotatable bonds is 8. The molecule has 0 saturated carbocycles. The number of aromatic nitrogens is 2. The van der Waals surface area contributed by atoms with Crippen molar-refractivity contribution >= 4 is 56.6 Å². The molecule has 10 heteroatoms. The molecular formula is C32H29ClN4O5. The Bertz CT molecular complexity index is 1820. The summed E-state index contributed by atoms with van der Waals surface area (Å²) in [6, 6.07) is 17.7. The molecular weight excluding hydrogens is 556 g/mol. The van der Waals surface area contributed by atoms with Crippen LogP contribution in [-0.4, -0.2) is 59.6 Å². The van der Waals surface area contributed by atoms with Gasteiger partial charge in [-0.05, 0) is 59.8 Å². The lowest BCUT2D eigenvalue weighted by Crippen LogP contribution is -2.30. The van der Waals surface area contributed by atoms with Gasteiger partial charge in [-0.1, -0.05) is 18.2 Å². The average molecular weight is 585 g/mol. The minimum atomic E-state index is -0.297. The number of amides is 2. The predicted octanol–water partition coefficient (Wildman–Crippen LogP) is 5.99. The highest BCUT2D eigenvalue weighted by Gasteiger charge is 2.35. The van der Waals surface area contributed by atoms with Gasteiger partial charge in [-0.15, -0.1) is 11.6 Å². The molecule has 42 heavy (non-hydrogen) atoms. The number of hydrogen-bond donors (Lipinski definition) is 3. The number of aromatic hydroxyl groups is 1. The largest absolute Gasteiger partial charge is 0.507 e. The van der Waals surface area contributed by atoms with Crippen LogP contribution in [-0.2, 0) is 4.74 Å². The maximum atomic E-state index is 13.8. The van der Waals surface area contributed by atoms with Crippen LogP contribution in [0, 0.1) is 6.92 Å². The fourth-order valence-electron chi connectivity index (χ4n) is 5.51. The van der Waals surface area contributed by atoms with Crippen molar-refractivity contribution in [1.82, 2.24) is 9.97 Å². The second-order valence-corrected chi connectivity index (χ2v) is 10.6. The van der Waals surface area contributed by atoms with Crippen molar-refractivity contribution < 1.29 is 24.2 Å². The molecule has 0 aliphatic carbocycles. The van der Waals surface area contributed by atoms with Crippen LogP contribution in [0.1, 0.15) is 37.9 Å². The third-order valence-electron chi connectivity index (χ3n) is 7.53. The summed E-state index contributed by atoms with van der Waals surface area (Å²) in [6.07, 6.45) is 1.54. The summed E-state index contributed by atoms with van der Waals surface area (Å²) < 4.78 is 10.5. The normalized spacial score (nSPS) is 14.4. The first kappa shape index (κ1) is 27.6. The van der Waals surface area contributed by atoms with Gasteiger partial charge in [0, 0.05) is 47.9 Å². The van der Waals surface area contributed by atoms with E-state index >= 15 is 0 Å². The summed E-state index contributed by atoms with van der Waals surface area (Å²) in [6.45, 7) is 3.28. The molecule has 3 heterocycles. The molecule has 5 aromatic rings. The molecule has 0 saturated heterocycles. The van der Waals surface area contributed by atoms with E-state index in [1.54, 1.807) is 54.5 Å². The Morgan fingerprint density at radius 1 is 1.14 bits per heavy atom. The lowest BCUT2D eigenvalue weighted by molar-refractivity contribution is 0.0983. The predicted molar refractivity (Wildman–Crippen MR) is 163 cm³/mol. The highest BCUT2D eigenvalue weighted by atomic mass is 35.5. The second kappa shape index (κ2) is 11.3. The van der Waals surface area contributed by atoms with Crippen LogP contribution in [0.5, 0.6) is 11.5 Å². The van der Waals surface area contributed by atoms with Crippen LogP contribution >= 0.6 is 11.6 Å². The van der Waals surface area contributed by atoms with Gasteiger partial charge >= 0.3 is 0 Å². The number of aromatic amines is 1. The van der Waals surface area contributed by atoms with Gasteiger partial charge in [0.1, 0.15) is 29.4 Å². The molecule has 1 atom stereocenters. The number of nitrogens with one attached hydrogen (secondary N) is 2. The van der Waals surface area contributed by atoms with Crippen LogP contribution < -0.4 is 15.0 Å². The Labute approximate surface area is 247 Å². The number of carbonyl (C=O) groups excluding carboxylic acids is 2. The number of hydrogen-bond acceptors (Lipinski definition) is 6. The summed E-state index contributed by atoms with van der Waals surface area (Å²) in [5, 5.41) is 16.0. The van der Waals surface area contributed by atoms with E-state index in [2.05, 4.69) is 15.3 Å². The number of H-pyrrole nitrogens is 1. The number of phenols is 1. The van der Waals surface area contributed by atoms with Crippen molar-refractivity contribution in [3.63, 3.8) is 0 Å². The van der Waals surface area contributed by atoms with E-state index in [0.717, 1.165) is 21.9 Å². The SMILES string of the molecule is COCCOc1ccc(C(=O)Nc2cnc3[nH]c(C(=O)N4C[C@@H](CCl)c5c4cc(O)c4cccc(C)c54)cc3c2)cc1. The quantitative estimate of drug-likeness (QED) is 0.152. The smallest absolute Gasteiger partial charge is 0.274 e. The van der Waals surface area contributed by atoms with E-state index in [4.69, 9.17) is 21.1 Å². The fraction of sp³-hybridized carbons (Fsp3) is 0.219. The summed E-state index contributed by atoms with van der Waals surface area (Å²) in [5.74, 6) is 0.471. The number of ether oxygens (including phenoxy) is 2. The lowest BCUT2D eigenvalue weighted by Gasteiger charge is -2.18. The molecule has 3 aromatic carbocycles. The Morgan fingerprint density at radius 3 is 2.71 bits per heavy atom. The average Bonchev–Trinajstić information content (AvgIpc) is 3.59. The van der Waals surface area contributed by atoms with Crippen LogP contribution in [0.2, 0.25) is 0 Å². The minimum absolute atomic E-state index is 0.0786. The topological polar surface area (TPSA) is 117 Å². The van der Waals surface area contributed by atoms with Crippen molar-refractivity contribution in [3.05, 3.63) is 89.2 Å². The zero-order chi connectivity index (χ0) is 29.4. The van der Waals surface area contributed by atoms with Crippen LogP contribution in [0.4, 0.5) is 11.4 Å². The monoisotopic (exact) mass is 584 g/mol. The first-order valence-corrected chi connectivity index (χ1v) is 14.1. The number of alkyl halides is 1. The van der Waals surface area contributed by atoms with Gasteiger partial charge in [0.05, 0.1) is 24.2 Å². The van der Waals surface area contributed by atoms with E-state index < -0.39 is 0 Å². The van der Waals surface area contributed by atoms with Gasteiger partial charge in [0.2, 0.25) is 0 Å². The highest BCUT2D eigenvalue weighted by Crippen LogP contribution is 2.46. The summed E-state index contributed by atoms with van der Waals surface area (Å²) >= 11 is 6.38. The summed E-state index contributed by atoms with van der Waals surface area (Å²) in [4.78, 5) is 35.8. The minimum Gasteiger partial charge on any atom is -0.507 e. The molecule has 0 fully saturated rings. The fourth-order valence-corrected chi connectivity index (χ4v) is 5.76. The van der Waals surface area contributed by atoms with Gasteiger partial charge in [0.15, 0.2) is 0 Å². The van der Waals surface area contributed by atoms with Crippen molar-refractivity contribution in [2.45, 2.75) is 12.8 Å². The Morgan fingerprint density at radius 2 is 1.95 bits per heavy atom. The molecule has 0 spiro atoms. The molecule has 1 aliphatic heterocycles. The van der Waals surface area contributed by atoms with Gasteiger partial charge in [-0.3, -0.25) is 9.59 Å². The second-order valence-electron chi connectivity index (χ2n) is 10.3. The standard InChI is InChI=1S/C32H29ClN4O5/c1-18-4-3-5-24-27(38)14-26-29(28(18)24)21(15-33)17-37(26)32(40)25-13-20-12-22(16-34-30(20)36-25)35-31(39)19-6-8-23(9-7-19)42-11-10-41-2/h3-9,12-14,16,21,38H,10-11,15,17H2,1-2H3,(H,34,36)(H,35,39)/t21-/m1/s1. The number of methoxy groups -OCH3 is 1. The molecule has 2 aromatic heterocycles. The third kappa shape index (κ3) is 5.01. The summed E-state index contributed by atoms with van der Waals surface area (Å²) in [7, 11) is 1.60. The van der Waals surface area contributed by atoms with Crippen molar-refractivity contribution in [2.75, 3.05) is 43.0 Å². The van der Waals surface area contributed by atoms with Gasteiger partial charge < -0.3 is 29.8 Å². The zero-order valence-corrected chi connectivity index (χ0v) is 23.9. The number of anilines is 2. The number of halogens is 1. The Kier molecular flexibility index (Phi) is 7.45. The van der Waals surface area contributed by atoms with E-state index in [0.29, 0.717) is 65.1 Å². The number of nitrogens with zero attached hydrogens (tertiary/aromatic N) is 2. The van der Waals surface area contributed by atoms with Crippen molar-refractivity contribution in [3.8, 4) is 11.5 Å². The molecule has 9 nitrogen and oxygen atoms in total. The van der Waals surface area contributed by atoms with Crippen molar-refractivity contribution in [2.24, 2.45) is 0 Å². The first-order chi connectivity index (χ1) is 20.4. The molecule has 0 bridgehead atoms. The first-order valence-electron chi connectivity index (χ1n) is 13.5. The maximum absolute atomic E-state index is 13.8. The molecule has 0 radical (unpaired) electrons. The Balaban J connectivity index is 1.23. The molecule has 2 amide bonds. The van der Waals surface area contributed by atoms with E-state index in [1.807, 2.05) is 25.1 Å². The third-order valence-corrected chi connectivity index (χ3v) is 7.90. The molecule has 214 valence electrons. The van der Waals surface area contributed by atoms with E-state index in [1.165, 1.54) is 6.20 Å².